The fourth-order valence-corrected chi connectivity index (χ4v) is 0. The van der Waals surface area contributed by atoms with Gasteiger partial charge in [0.25, 0.3) is 0 Å². The van der Waals surface area contributed by atoms with E-state index in [9.17, 15) is 0 Å². The van der Waals surface area contributed by atoms with Crippen molar-refractivity contribution in [1.82, 2.24) is 0 Å². The first-order valence-corrected chi connectivity index (χ1v) is 0. The summed E-state index contributed by atoms with van der Waals surface area (Å²) >= 11 is 0. The van der Waals surface area contributed by atoms with Crippen molar-refractivity contribution < 1.29 is 40.5 Å². The zero-order valence-corrected chi connectivity index (χ0v) is 6.86. The van der Waals surface area contributed by atoms with Crippen LogP contribution >= 0.6 is 0 Å². The molecular formula is H3CaNaO2. The fraction of sp³-hybridized carbons (Fsp3) is 0. The molecule has 2 radical (unpaired) electrons. The molecule has 0 saturated heterocycles. The summed E-state index contributed by atoms with van der Waals surface area (Å²) in [7, 11) is 0. The SMILES string of the molecule is O.[Ca].[Na+].[OH-]. The number of hydrogen-bond donors (Lipinski definition) is 0. The zero-order chi connectivity index (χ0) is 0. The van der Waals surface area contributed by atoms with Crippen molar-refractivity contribution in [2.75, 3.05) is 0 Å². The maximum absolute atomic E-state index is 0. The summed E-state index contributed by atoms with van der Waals surface area (Å²) in [5.74, 6) is 0. The minimum atomic E-state index is 0. The van der Waals surface area contributed by atoms with Crippen LogP contribution in [0.1, 0.15) is 0 Å². The van der Waals surface area contributed by atoms with Gasteiger partial charge < -0.3 is 11.0 Å². The third-order valence-electron chi connectivity index (χ3n) is 0. The van der Waals surface area contributed by atoms with E-state index in [1.165, 1.54) is 0 Å². The minimum absolute atomic E-state index is 0. The quantitative estimate of drug-likeness (QED) is 0.282. The molecule has 0 bridgehead atoms. The molecule has 0 heterocycles. The summed E-state index contributed by atoms with van der Waals surface area (Å²) in [6, 6.07) is 0. The van der Waals surface area contributed by atoms with Crippen LogP contribution in [-0.4, -0.2) is 48.7 Å². The average Bonchev–Trinajstić information content (AvgIpc) is 0. The summed E-state index contributed by atoms with van der Waals surface area (Å²) in [5, 5.41) is 0. The Labute approximate surface area is 76.9 Å². The van der Waals surface area contributed by atoms with E-state index in [-0.39, 0.29) is 78.2 Å². The molecule has 0 rings (SSSR count). The van der Waals surface area contributed by atoms with Gasteiger partial charge in [-0.05, 0) is 0 Å². The van der Waals surface area contributed by atoms with E-state index >= 15 is 0 Å². The third-order valence-corrected chi connectivity index (χ3v) is 0. The second kappa shape index (κ2) is 19.0. The molecule has 0 aromatic carbocycles. The average molecular weight is 98.1 g/mol. The standard InChI is InChI=1S/Ca.Na.2H2O/h;;2*1H2/q;+1;;/p-1. The van der Waals surface area contributed by atoms with E-state index in [2.05, 4.69) is 0 Å². The van der Waals surface area contributed by atoms with E-state index in [1.807, 2.05) is 0 Å². The van der Waals surface area contributed by atoms with Gasteiger partial charge in [0.05, 0.1) is 0 Å². The molecule has 4 heavy (non-hydrogen) atoms. The molecular weight excluding hydrogens is 95.1 g/mol. The van der Waals surface area contributed by atoms with Crippen molar-refractivity contribution in [3.63, 3.8) is 0 Å². The molecule has 2 nitrogen and oxygen atoms in total. The second-order valence-electron chi connectivity index (χ2n) is 0. The number of hydrogen-bond acceptors (Lipinski definition) is 1. The molecule has 0 spiro atoms. The van der Waals surface area contributed by atoms with Crippen LogP contribution in [-0.2, 0) is 0 Å². The van der Waals surface area contributed by atoms with Crippen molar-refractivity contribution >= 4 is 37.7 Å². The molecule has 0 aromatic heterocycles. The van der Waals surface area contributed by atoms with E-state index in [0.29, 0.717) is 0 Å². The Balaban J connectivity index is 0. The molecule has 4 heteroatoms. The molecule has 0 atom stereocenters. The Kier molecular flexibility index (Phi) is 166. The van der Waals surface area contributed by atoms with Crippen molar-refractivity contribution in [3.05, 3.63) is 0 Å². The predicted molar refractivity (Wildman–Crippen MR) is 11.3 cm³/mol. The van der Waals surface area contributed by atoms with Gasteiger partial charge in [-0.1, -0.05) is 0 Å². The van der Waals surface area contributed by atoms with E-state index < -0.39 is 0 Å². The molecule has 0 aliphatic heterocycles. The molecule has 0 aromatic rings. The van der Waals surface area contributed by atoms with Crippen LogP contribution in [0.5, 0.6) is 0 Å². The van der Waals surface area contributed by atoms with Crippen LogP contribution in [0.4, 0.5) is 0 Å². The van der Waals surface area contributed by atoms with Gasteiger partial charge in [-0.15, -0.1) is 0 Å². The summed E-state index contributed by atoms with van der Waals surface area (Å²) in [4.78, 5) is 0. The van der Waals surface area contributed by atoms with Gasteiger partial charge in [-0.3, -0.25) is 0 Å². The van der Waals surface area contributed by atoms with E-state index in [0.717, 1.165) is 0 Å². The van der Waals surface area contributed by atoms with Gasteiger partial charge in [-0.25, -0.2) is 0 Å². The van der Waals surface area contributed by atoms with Crippen molar-refractivity contribution in [1.29, 1.82) is 0 Å². The summed E-state index contributed by atoms with van der Waals surface area (Å²) in [6.45, 7) is 0. The molecule has 0 aliphatic rings. The topological polar surface area (TPSA) is 61.5 Å². The third kappa shape index (κ3) is 8.89. The molecule has 0 fully saturated rings. The van der Waals surface area contributed by atoms with E-state index in [4.69, 9.17) is 0 Å². The molecule has 3 N–H and O–H groups in total. The van der Waals surface area contributed by atoms with Gasteiger partial charge in [0, 0.05) is 37.7 Å². The van der Waals surface area contributed by atoms with Gasteiger partial charge in [0.2, 0.25) is 0 Å². The van der Waals surface area contributed by atoms with Crippen LogP contribution in [0.15, 0.2) is 0 Å². The molecule has 0 unspecified atom stereocenters. The van der Waals surface area contributed by atoms with Crippen LogP contribution < -0.4 is 29.6 Å². The first kappa shape index (κ1) is 34.9. The van der Waals surface area contributed by atoms with Gasteiger partial charge in [0.1, 0.15) is 0 Å². The fourth-order valence-electron chi connectivity index (χ4n) is 0. The predicted octanol–water partition coefficient (Wildman–Crippen LogP) is -4.38. The van der Waals surface area contributed by atoms with Gasteiger partial charge in [0.15, 0.2) is 0 Å². The normalized spacial score (nSPS) is 0. The van der Waals surface area contributed by atoms with Crippen LogP contribution in [0, 0.1) is 0 Å². The monoisotopic (exact) mass is 98.0 g/mol. The maximum Gasteiger partial charge on any atom is 1.00 e. The van der Waals surface area contributed by atoms with Gasteiger partial charge >= 0.3 is 29.6 Å². The Bertz CT molecular complexity index is 6.00. The summed E-state index contributed by atoms with van der Waals surface area (Å²) in [5.41, 5.74) is 0. The van der Waals surface area contributed by atoms with Crippen molar-refractivity contribution in [2.24, 2.45) is 0 Å². The Morgan fingerprint density at radius 3 is 1.00 bits per heavy atom. The van der Waals surface area contributed by atoms with Crippen molar-refractivity contribution in [3.8, 4) is 0 Å². The van der Waals surface area contributed by atoms with Crippen molar-refractivity contribution in [2.45, 2.75) is 0 Å². The number of rotatable bonds is 0. The Morgan fingerprint density at radius 2 is 1.00 bits per heavy atom. The Hall–Kier alpha value is 2.18. The summed E-state index contributed by atoms with van der Waals surface area (Å²) < 4.78 is 0. The molecule has 18 valence electrons. The van der Waals surface area contributed by atoms with Crippen LogP contribution in [0.2, 0.25) is 0 Å². The largest absolute Gasteiger partial charge is 1.00 e. The van der Waals surface area contributed by atoms with Gasteiger partial charge in [-0.2, -0.15) is 0 Å². The maximum atomic E-state index is 0. The molecule has 0 aliphatic carbocycles. The second-order valence-corrected chi connectivity index (χ2v) is 0. The Morgan fingerprint density at radius 1 is 1.00 bits per heavy atom. The summed E-state index contributed by atoms with van der Waals surface area (Å²) in [6.07, 6.45) is 0. The first-order chi connectivity index (χ1) is 0. The first-order valence-electron chi connectivity index (χ1n) is 0. The zero-order valence-electron chi connectivity index (χ0n) is 2.65. The molecule has 0 saturated carbocycles. The molecule has 0 amide bonds. The minimum Gasteiger partial charge on any atom is -0.870 e. The van der Waals surface area contributed by atoms with Crippen LogP contribution in [0.3, 0.4) is 0 Å². The van der Waals surface area contributed by atoms with Crippen LogP contribution in [0.25, 0.3) is 0 Å². The van der Waals surface area contributed by atoms with E-state index in [1.54, 1.807) is 0 Å². The smallest absolute Gasteiger partial charge is 0.870 e.